The molecule has 0 saturated heterocycles. The van der Waals surface area contributed by atoms with E-state index in [1.807, 2.05) is 20.8 Å². The van der Waals surface area contributed by atoms with Gasteiger partial charge in [0.1, 0.15) is 5.60 Å². The Labute approximate surface area is 189 Å². The summed E-state index contributed by atoms with van der Waals surface area (Å²) in [5, 5.41) is 2.88. The smallest absolute Gasteiger partial charge is 0.410 e. The Morgan fingerprint density at radius 1 is 1.22 bits per heavy atom. The van der Waals surface area contributed by atoms with Crippen molar-refractivity contribution in [2.24, 2.45) is 0 Å². The summed E-state index contributed by atoms with van der Waals surface area (Å²) >= 11 is 1.27. The standard InChI is InChI=1S/C20H23N5O5S2/c1-20(2,3)30-19(27)24-10-8-12-14(11-24)31-17(21-12)23-16(26)15-13-7-5-6-9-25(13)18(22-15)32(4,28)29/h5-7,9H,8,10-11H2,1-4H3,(H,21,23,26). The van der Waals surface area contributed by atoms with Crippen LogP contribution in [0.1, 0.15) is 41.8 Å². The van der Waals surface area contributed by atoms with Gasteiger partial charge in [-0.2, -0.15) is 0 Å². The lowest BCUT2D eigenvalue weighted by Crippen LogP contribution is -2.39. The zero-order chi connectivity index (χ0) is 23.3. The van der Waals surface area contributed by atoms with Crippen LogP contribution in [-0.2, 0) is 27.5 Å². The quantitative estimate of drug-likeness (QED) is 0.615. The number of amides is 2. The highest BCUT2D eigenvalue weighted by molar-refractivity contribution is 7.90. The molecule has 1 aliphatic rings. The molecule has 0 saturated carbocycles. The van der Waals surface area contributed by atoms with Crippen LogP contribution in [0.25, 0.3) is 5.52 Å². The number of thiazole rings is 1. The van der Waals surface area contributed by atoms with Crippen molar-refractivity contribution in [1.29, 1.82) is 0 Å². The summed E-state index contributed by atoms with van der Waals surface area (Å²) in [4.78, 5) is 36.3. The number of hydrogen-bond donors (Lipinski definition) is 1. The molecule has 0 atom stereocenters. The molecule has 32 heavy (non-hydrogen) atoms. The van der Waals surface area contributed by atoms with Crippen molar-refractivity contribution in [3.8, 4) is 0 Å². The van der Waals surface area contributed by atoms with Crippen molar-refractivity contribution in [2.45, 2.75) is 44.5 Å². The second-order valence-corrected chi connectivity index (χ2v) is 11.5. The number of pyridine rings is 1. The molecule has 1 N–H and O–H groups in total. The summed E-state index contributed by atoms with van der Waals surface area (Å²) in [6, 6.07) is 4.99. The van der Waals surface area contributed by atoms with Gasteiger partial charge < -0.3 is 9.64 Å². The highest BCUT2D eigenvalue weighted by Crippen LogP contribution is 2.30. The Morgan fingerprint density at radius 3 is 2.66 bits per heavy atom. The van der Waals surface area contributed by atoms with Gasteiger partial charge in [0.15, 0.2) is 10.8 Å². The van der Waals surface area contributed by atoms with E-state index in [9.17, 15) is 18.0 Å². The minimum atomic E-state index is -3.64. The fraction of sp³-hybridized carbons (Fsp3) is 0.400. The first-order chi connectivity index (χ1) is 14.9. The SMILES string of the molecule is CC(C)(C)OC(=O)N1CCc2nc(NC(=O)c3nc(S(C)(=O)=O)n4ccccc34)sc2C1. The monoisotopic (exact) mass is 477 g/mol. The number of nitrogens with one attached hydrogen (secondary N) is 1. The van der Waals surface area contributed by atoms with E-state index < -0.39 is 21.3 Å². The number of sulfone groups is 1. The molecule has 12 heteroatoms. The van der Waals surface area contributed by atoms with Crippen LogP contribution in [0.3, 0.4) is 0 Å². The number of ether oxygens (including phenoxy) is 1. The van der Waals surface area contributed by atoms with Gasteiger partial charge in [-0.15, -0.1) is 0 Å². The number of imidazole rings is 1. The van der Waals surface area contributed by atoms with Crippen molar-refractivity contribution >= 4 is 43.8 Å². The maximum absolute atomic E-state index is 12.9. The minimum absolute atomic E-state index is 0.00502. The molecule has 0 radical (unpaired) electrons. The summed E-state index contributed by atoms with van der Waals surface area (Å²) in [6.07, 6.45) is 2.75. The Hall–Kier alpha value is -2.99. The zero-order valence-electron chi connectivity index (χ0n) is 18.1. The molecule has 170 valence electrons. The van der Waals surface area contributed by atoms with Gasteiger partial charge in [-0.05, 0) is 32.9 Å². The first kappa shape index (κ1) is 22.2. The van der Waals surface area contributed by atoms with Gasteiger partial charge >= 0.3 is 6.09 Å². The van der Waals surface area contributed by atoms with Crippen LogP contribution >= 0.6 is 11.3 Å². The van der Waals surface area contributed by atoms with Gasteiger partial charge in [0.25, 0.3) is 5.91 Å². The predicted molar refractivity (Wildman–Crippen MR) is 119 cm³/mol. The zero-order valence-corrected chi connectivity index (χ0v) is 19.7. The molecule has 0 aromatic carbocycles. The molecule has 10 nitrogen and oxygen atoms in total. The maximum atomic E-state index is 12.9. The van der Waals surface area contributed by atoms with E-state index in [0.717, 1.165) is 16.8 Å². The molecule has 0 fully saturated rings. The highest BCUT2D eigenvalue weighted by atomic mass is 32.2. The normalized spacial score (nSPS) is 14.3. The average Bonchev–Trinajstić information content (AvgIpc) is 3.26. The average molecular weight is 478 g/mol. The Kier molecular flexibility index (Phi) is 5.45. The van der Waals surface area contributed by atoms with Gasteiger partial charge in [0.2, 0.25) is 15.0 Å². The molecule has 3 aromatic heterocycles. The second kappa shape index (κ2) is 7.85. The van der Waals surface area contributed by atoms with E-state index in [0.29, 0.717) is 30.2 Å². The van der Waals surface area contributed by atoms with Crippen molar-refractivity contribution in [1.82, 2.24) is 19.3 Å². The lowest BCUT2D eigenvalue weighted by molar-refractivity contribution is 0.0225. The number of hydrogen-bond acceptors (Lipinski definition) is 8. The highest BCUT2D eigenvalue weighted by Gasteiger charge is 2.29. The summed E-state index contributed by atoms with van der Waals surface area (Å²) in [7, 11) is -3.64. The van der Waals surface area contributed by atoms with Crippen molar-refractivity contribution in [3.63, 3.8) is 0 Å². The number of fused-ring (bicyclic) bond motifs is 2. The van der Waals surface area contributed by atoms with E-state index in [-0.39, 0.29) is 16.9 Å². The van der Waals surface area contributed by atoms with Crippen LogP contribution in [0.4, 0.5) is 9.93 Å². The minimum Gasteiger partial charge on any atom is -0.444 e. The van der Waals surface area contributed by atoms with E-state index in [1.165, 1.54) is 15.7 Å². The van der Waals surface area contributed by atoms with Crippen LogP contribution in [-0.4, -0.2) is 58.1 Å². The molecule has 0 unspecified atom stereocenters. The van der Waals surface area contributed by atoms with E-state index in [2.05, 4.69) is 15.3 Å². The first-order valence-electron chi connectivity index (χ1n) is 9.87. The number of aromatic nitrogens is 3. The molecule has 4 rings (SSSR count). The van der Waals surface area contributed by atoms with Gasteiger partial charge in [0.05, 0.1) is 17.8 Å². The molecule has 1 aliphatic heterocycles. The summed E-state index contributed by atoms with van der Waals surface area (Å²) in [5.41, 5.74) is 0.608. The molecular weight excluding hydrogens is 454 g/mol. The number of rotatable bonds is 3. The molecular formula is C20H23N5O5S2. The molecule has 4 heterocycles. The molecule has 3 aromatic rings. The molecule has 2 amide bonds. The second-order valence-electron chi connectivity index (χ2n) is 8.47. The van der Waals surface area contributed by atoms with E-state index in [1.54, 1.807) is 29.3 Å². The third-order valence-electron chi connectivity index (χ3n) is 4.67. The van der Waals surface area contributed by atoms with Crippen LogP contribution in [0.2, 0.25) is 0 Å². The van der Waals surface area contributed by atoms with Crippen molar-refractivity contribution in [2.75, 3.05) is 18.1 Å². The van der Waals surface area contributed by atoms with Gasteiger partial charge in [0, 0.05) is 30.3 Å². The molecule has 0 aliphatic carbocycles. The van der Waals surface area contributed by atoms with Crippen molar-refractivity contribution < 1.29 is 22.7 Å². The summed E-state index contributed by atoms with van der Waals surface area (Å²) < 4.78 is 31.0. The summed E-state index contributed by atoms with van der Waals surface area (Å²) in [6.45, 7) is 6.27. The van der Waals surface area contributed by atoms with Crippen LogP contribution in [0.5, 0.6) is 0 Å². The third kappa shape index (κ3) is 4.46. The Balaban J connectivity index is 1.55. The molecule has 0 spiro atoms. The third-order valence-corrected chi connectivity index (χ3v) is 6.62. The number of nitrogens with zero attached hydrogens (tertiary/aromatic N) is 4. The van der Waals surface area contributed by atoms with Crippen LogP contribution in [0.15, 0.2) is 29.6 Å². The van der Waals surface area contributed by atoms with E-state index in [4.69, 9.17) is 4.74 Å². The maximum Gasteiger partial charge on any atom is 0.410 e. The fourth-order valence-electron chi connectivity index (χ4n) is 3.33. The summed E-state index contributed by atoms with van der Waals surface area (Å²) in [5.74, 6) is -0.557. The first-order valence-corrected chi connectivity index (χ1v) is 12.6. The van der Waals surface area contributed by atoms with Crippen LogP contribution in [0, 0.1) is 0 Å². The topological polar surface area (TPSA) is 123 Å². The van der Waals surface area contributed by atoms with Gasteiger partial charge in [-0.3, -0.25) is 14.5 Å². The van der Waals surface area contributed by atoms with Crippen LogP contribution < -0.4 is 5.32 Å². The van der Waals surface area contributed by atoms with Gasteiger partial charge in [-0.25, -0.2) is 23.2 Å². The largest absolute Gasteiger partial charge is 0.444 e. The number of anilines is 1. The lowest BCUT2D eigenvalue weighted by atomic mass is 10.2. The van der Waals surface area contributed by atoms with E-state index >= 15 is 0 Å². The predicted octanol–water partition coefficient (Wildman–Crippen LogP) is 2.74. The Bertz CT molecular complexity index is 1320. The lowest BCUT2D eigenvalue weighted by Gasteiger charge is -2.29. The number of carbonyl (C=O) groups excluding carboxylic acids is 2. The number of carbonyl (C=O) groups is 2. The van der Waals surface area contributed by atoms with Gasteiger partial charge in [-0.1, -0.05) is 17.4 Å². The molecule has 0 bridgehead atoms. The Morgan fingerprint density at radius 2 is 1.97 bits per heavy atom. The van der Waals surface area contributed by atoms with Crippen molar-refractivity contribution in [3.05, 3.63) is 40.7 Å². The fourth-order valence-corrected chi connectivity index (χ4v) is 5.12.